The van der Waals surface area contributed by atoms with E-state index in [1.54, 1.807) is 0 Å². The molecule has 0 saturated heterocycles. The Hall–Kier alpha value is -1.02. The van der Waals surface area contributed by atoms with E-state index in [0.717, 1.165) is 5.75 Å². The molecule has 2 nitrogen and oxygen atoms in total. The molecule has 2 heteroatoms. The quantitative estimate of drug-likeness (QED) is 0.872. The van der Waals surface area contributed by atoms with Gasteiger partial charge in [0.1, 0.15) is 5.75 Å². The smallest absolute Gasteiger partial charge is 0.119 e. The third-order valence-corrected chi connectivity index (χ3v) is 3.96. The molecule has 0 radical (unpaired) electrons. The van der Waals surface area contributed by atoms with Crippen LogP contribution >= 0.6 is 0 Å². The number of nitrogens with one attached hydrogen (secondary N) is 1. The Morgan fingerprint density at radius 3 is 2.17 bits per heavy atom. The molecule has 0 atom stereocenters. The largest absolute Gasteiger partial charge is 0.491 e. The van der Waals surface area contributed by atoms with Crippen LogP contribution in [0.2, 0.25) is 0 Å². The molecular formula is C16H25NO. The van der Waals surface area contributed by atoms with E-state index in [1.165, 1.54) is 37.7 Å². The average molecular weight is 247 g/mol. The van der Waals surface area contributed by atoms with Crippen molar-refractivity contribution in [2.75, 3.05) is 7.05 Å². The molecular weight excluding hydrogens is 222 g/mol. The van der Waals surface area contributed by atoms with Gasteiger partial charge in [0.05, 0.1) is 6.10 Å². The van der Waals surface area contributed by atoms with Gasteiger partial charge in [0.15, 0.2) is 0 Å². The van der Waals surface area contributed by atoms with E-state index in [-0.39, 0.29) is 11.6 Å². The monoisotopic (exact) mass is 247 g/mol. The lowest BCUT2D eigenvalue weighted by atomic mass is 9.77. The number of hydrogen-bond acceptors (Lipinski definition) is 2. The average Bonchev–Trinajstić information content (AvgIpc) is 2.39. The van der Waals surface area contributed by atoms with Crippen molar-refractivity contribution >= 4 is 0 Å². The van der Waals surface area contributed by atoms with Crippen molar-refractivity contribution in [1.29, 1.82) is 0 Å². The summed E-state index contributed by atoms with van der Waals surface area (Å²) < 4.78 is 5.70. The van der Waals surface area contributed by atoms with Gasteiger partial charge in [-0.1, -0.05) is 31.4 Å². The molecule has 0 amide bonds. The van der Waals surface area contributed by atoms with Crippen LogP contribution in [0.25, 0.3) is 0 Å². The number of rotatable bonds is 4. The maximum atomic E-state index is 5.70. The summed E-state index contributed by atoms with van der Waals surface area (Å²) in [5, 5.41) is 3.55. The minimum atomic E-state index is 0.189. The molecule has 100 valence electrons. The Morgan fingerprint density at radius 2 is 1.67 bits per heavy atom. The second kappa shape index (κ2) is 5.75. The molecule has 2 rings (SSSR count). The molecule has 0 aliphatic heterocycles. The second-order valence-electron chi connectivity index (χ2n) is 5.58. The van der Waals surface area contributed by atoms with Gasteiger partial charge >= 0.3 is 0 Å². The number of hydrogen-bond donors (Lipinski definition) is 1. The SMILES string of the molecule is CNC1(c2ccc(OC(C)C)cc2)CCCCC1. The maximum Gasteiger partial charge on any atom is 0.119 e. The lowest BCUT2D eigenvalue weighted by molar-refractivity contribution is 0.239. The second-order valence-corrected chi connectivity index (χ2v) is 5.58. The third-order valence-electron chi connectivity index (χ3n) is 3.96. The van der Waals surface area contributed by atoms with Gasteiger partial charge in [-0.2, -0.15) is 0 Å². The van der Waals surface area contributed by atoms with Gasteiger partial charge in [0.2, 0.25) is 0 Å². The zero-order chi connectivity index (χ0) is 13.0. The Labute approximate surface area is 111 Å². The first-order valence-electron chi connectivity index (χ1n) is 7.12. The summed E-state index contributed by atoms with van der Waals surface area (Å²) in [5.41, 5.74) is 1.59. The minimum absolute atomic E-state index is 0.189. The van der Waals surface area contributed by atoms with E-state index < -0.39 is 0 Å². The van der Waals surface area contributed by atoms with Gasteiger partial charge in [-0.05, 0) is 51.4 Å². The van der Waals surface area contributed by atoms with Crippen LogP contribution in [-0.2, 0) is 5.54 Å². The lowest BCUT2D eigenvalue weighted by Gasteiger charge is -2.37. The van der Waals surface area contributed by atoms with Gasteiger partial charge in [0, 0.05) is 5.54 Å². The van der Waals surface area contributed by atoms with Gasteiger partial charge in [0.25, 0.3) is 0 Å². The zero-order valence-electron chi connectivity index (χ0n) is 11.8. The highest BCUT2D eigenvalue weighted by atomic mass is 16.5. The van der Waals surface area contributed by atoms with Crippen molar-refractivity contribution in [2.45, 2.75) is 57.6 Å². The summed E-state index contributed by atoms with van der Waals surface area (Å²) in [6.07, 6.45) is 6.75. The van der Waals surface area contributed by atoms with Crippen molar-refractivity contribution in [3.05, 3.63) is 29.8 Å². The Bertz CT molecular complexity index is 363. The van der Waals surface area contributed by atoms with Gasteiger partial charge in [-0.3, -0.25) is 0 Å². The zero-order valence-corrected chi connectivity index (χ0v) is 11.8. The minimum Gasteiger partial charge on any atom is -0.491 e. The Balaban J connectivity index is 2.16. The molecule has 18 heavy (non-hydrogen) atoms. The van der Waals surface area contributed by atoms with Crippen LogP contribution in [0.1, 0.15) is 51.5 Å². The van der Waals surface area contributed by atoms with Gasteiger partial charge < -0.3 is 10.1 Å². The van der Waals surface area contributed by atoms with Crippen molar-refractivity contribution in [3.63, 3.8) is 0 Å². The molecule has 1 fully saturated rings. The van der Waals surface area contributed by atoms with Crippen molar-refractivity contribution in [3.8, 4) is 5.75 Å². The first kappa shape index (κ1) is 13.4. The normalized spacial score (nSPS) is 18.9. The van der Waals surface area contributed by atoms with E-state index in [9.17, 15) is 0 Å². The van der Waals surface area contributed by atoms with Crippen LogP contribution in [0.5, 0.6) is 5.75 Å². The van der Waals surface area contributed by atoms with Crippen LogP contribution in [0.15, 0.2) is 24.3 Å². The molecule has 1 aliphatic carbocycles. The molecule has 0 aromatic heterocycles. The van der Waals surface area contributed by atoms with Crippen LogP contribution in [-0.4, -0.2) is 13.2 Å². The first-order chi connectivity index (χ1) is 8.66. The predicted octanol–water partition coefficient (Wildman–Crippen LogP) is 3.85. The summed E-state index contributed by atoms with van der Waals surface area (Å²) >= 11 is 0. The first-order valence-corrected chi connectivity index (χ1v) is 7.12. The highest BCUT2D eigenvalue weighted by Gasteiger charge is 2.31. The maximum absolute atomic E-state index is 5.70. The summed E-state index contributed by atoms with van der Waals surface area (Å²) in [6, 6.07) is 8.64. The van der Waals surface area contributed by atoms with Crippen molar-refractivity contribution in [2.24, 2.45) is 0 Å². The predicted molar refractivity (Wildman–Crippen MR) is 76.0 cm³/mol. The van der Waals surface area contributed by atoms with Gasteiger partial charge in [-0.15, -0.1) is 0 Å². The highest BCUT2D eigenvalue weighted by Crippen LogP contribution is 2.37. The van der Waals surface area contributed by atoms with Gasteiger partial charge in [-0.25, -0.2) is 0 Å². The molecule has 1 N–H and O–H groups in total. The van der Waals surface area contributed by atoms with E-state index in [4.69, 9.17) is 4.74 Å². The molecule has 1 aromatic carbocycles. The topological polar surface area (TPSA) is 21.3 Å². The van der Waals surface area contributed by atoms with Crippen molar-refractivity contribution < 1.29 is 4.74 Å². The Kier molecular flexibility index (Phi) is 4.28. The number of ether oxygens (including phenoxy) is 1. The third kappa shape index (κ3) is 2.86. The fraction of sp³-hybridized carbons (Fsp3) is 0.625. The van der Waals surface area contributed by atoms with E-state index in [2.05, 4.69) is 50.5 Å². The summed E-state index contributed by atoms with van der Waals surface area (Å²) in [6.45, 7) is 4.12. The van der Waals surface area contributed by atoms with Crippen LogP contribution in [0, 0.1) is 0 Å². The Morgan fingerprint density at radius 1 is 1.06 bits per heavy atom. The summed E-state index contributed by atoms with van der Waals surface area (Å²) in [5.74, 6) is 0.968. The van der Waals surface area contributed by atoms with Crippen LogP contribution in [0.3, 0.4) is 0 Å². The summed E-state index contributed by atoms with van der Waals surface area (Å²) in [7, 11) is 2.09. The number of benzene rings is 1. The van der Waals surface area contributed by atoms with Crippen LogP contribution < -0.4 is 10.1 Å². The molecule has 0 spiro atoms. The summed E-state index contributed by atoms with van der Waals surface area (Å²) in [4.78, 5) is 0. The van der Waals surface area contributed by atoms with E-state index in [1.807, 2.05) is 0 Å². The van der Waals surface area contributed by atoms with Crippen molar-refractivity contribution in [1.82, 2.24) is 5.32 Å². The molecule has 0 heterocycles. The highest BCUT2D eigenvalue weighted by molar-refractivity contribution is 5.32. The molecule has 0 bridgehead atoms. The molecule has 1 aliphatic rings. The molecule has 0 unspecified atom stereocenters. The van der Waals surface area contributed by atoms with E-state index in [0.29, 0.717) is 0 Å². The standard InChI is InChI=1S/C16H25NO/c1-13(2)18-15-9-7-14(8-10-15)16(17-3)11-5-4-6-12-16/h7-10,13,17H,4-6,11-12H2,1-3H3. The van der Waals surface area contributed by atoms with Crippen LogP contribution in [0.4, 0.5) is 0 Å². The molecule has 1 aromatic rings. The molecule has 1 saturated carbocycles. The fourth-order valence-corrected chi connectivity index (χ4v) is 2.96. The fourth-order valence-electron chi connectivity index (χ4n) is 2.96. The lowest BCUT2D eigenvalue weighted by Crippen LogP contribution is -2.41. The van der Waals surface area contributed by atoms with E-state index >= 15 is 0 Å².